The number of nitrogens with zero attached hydrogens (tertiary/aromatic N) is 2. The van der Waals surface area contributed by atoms with Crippen LogP contribution in [0.4, 0.5) is 0 Å². The van der Waals surface area contributed by atoms with Gasteiger partial charge in [0.25, 0.3) is 0 Å². The molecule has 0 radical (unpaired) electrons. The number of unbranched alkanes of at least 4 members (excludes halogenated alkanes) is 9. The first-order chi connectivity index (χ1) is 11.4. The van der Waals surface area contributed by atoms with Crippen LogP contribution in [0.2, 0.25) is 0 Å². The zero-order chi connectivity index (χ0) is 16.6. The van der Waals surface area contributed by atoms with E-state index in [2.05, 4.69) is 11.9 Å². The molecule has 0 aliphatic carbocycles. The van der Waals surface area contributed by atoms with Gasteiger partial charge in [-0.15, -0.1) is 0 Å². The van der Waals surface area contributed by atoms with E-state index < -0.39 is 0 Å². The molecule has 0 bridgehead atoms. The summed E-state index contributed by atoms with van der Waals surface area (Å²) in [5, 5.41) is 0. The molecule has 134 valence electrons. The van der Waals surface area contributed by atoms with Crippen LogP contribution in [0.25, 0.3) is 0 Å². The van der Waals surface area contributed by atoms with Crippen LogP contribution in [-0.4, -0.2) is 36.0 Å². The first-order valence-electron chi connectivity index (χ1n) is 9.43. The summed E-state index contributed by atoms with van der Waals surface area (Å²) in [7, 11) is 1.73. The van der Waals surface area contributed by atoms with Crippen LogP contribution in [0.3, 0.4) is 0 Å². The summed E-state index contributed by atoms with van der Waals surface area (Å²) < 4.78 is 13.2. The summed E-state index contributed by atoms with van der Waals surface area (Å²) in [5.41, 5.74) is 0. The van der Waals surface area contributed by atoms with E-state index in [0.29, 0.717) is 6.61 Å². The van der Waals surface area contributed by atoms with Gasteiger partial charge < -0.3 is 14.0 Å². The molecule has 1 aromatic rings. The van der Waals surface area contributed by atoms with Crippen molar-refractivity contribution in [3.8, 4) is 0 Å². The van der Waals surface area contributed by atoms with Gasteiger partial charge in [-0.3, -0.25) is 0 Å². The minimum absolute atomic E-state index is 0.118. The summed E-state index contributed by atoms with van der Waals surface area (Å²) >= 11 is 0. The van der Waals surface area contributed by atoms with Gasteiger partial charge in [-0.05, 0) is 6.42 Å². The molecule has 4 nitrogen and oxygen atoms in total. The number of aromatic nitrogens is 2. The van der Waals surface area contributed by atoms with Gasteiger partial charge in [0.15, 0.2) is 0 Å². The highest BCUT2D eigenvalue weighted by Gasteiger charge is 2.09. The molecule has 0 amide bonds. The SMILES string of the molecule is CCCCCCCCCCCCOC(COC)Cn1ccnc1. The Labute approximate surface area is 142 Å². The van der Waals surface area contributed by atoms with Crippen molar-refractivity contribution >= 4 is 0 Å². The molecule has 0 fully saturated rings. The number of rotatable bonds is 16. The molecule has 0 aliphatic heterocycles. The van der Waals surface area contributed by atoms with Crippen molar-refractivity contribution < 1.29 is 9.47 Å². The number of ether oxygens (including phenoxy) is 2. The Kier molecular flexibility index (Phi) is 12.9. The van der Waals surface area contributed by atoms with Crippen LogP contribution in [0.1, 0.15) is 71.1 Å². The molecule has 23 heavy (non-hydrogen) atoms. The Hall–Kier alpha value is -0.870. The lowest BCUT2D eigenvalue weighted by Crippen LogP contribution is -2.25. The van der Waals surface area contributed by atoms with Crippen LogP contribution in [-0.2, 0) is 16.0 Å². The lowest BCUT2D eigenvalue weighted by atomic mass is 10.1. The predicted molar refractivity (Wildman–Crippen MR) is 95.7 cm³/mol. The third kappa shape index (κ3) is 11.3. The number of methoxy groups -OCH3 is 1. The van der Waals surface area contributed by atoms with Crippen LogP contribution >= 0.6 is 0 Å². The number of hydrogen-bond donors (Lipinski definition) is 0. The maximum Gasteiger partial charge on any atom is 0.0986 e. The number of hydrogen-bond acceptors (Lipinski definition) is 3. The second-order valence-electron chi connectivity index (χ2n) is 6.39. The van der Waals surface area contributed by atoms with E-state index >= 15 is 0 Å². The second-order valence-corrected chi connectivity index (χ2v) is 6.39. The van der Waals surface area contributed by atoms with Crippen LogP contribution < -0.4 is 0 Å². The fourth-order valence-electron chi connectivity index (χ4n) is 2.81. The minimum atomic E-state index is 0.118. The lowest BCUT2D eigenvalue weighted by Gasteiger charge is -2.17. The summed E-state index contributed by atoms with van der Waals surface area (Å²) in [6.45, 7) is 4.55. The van der Waals surface area contributed by atoms with Crippen molar-refractivity contribution in [1.82, 2.24) is 9.55 Å². The fourth-order valence-corrected chi connectivity index (χ4v) is 2.81. The van der Waals surface area contributed by atoms with Crippen LogP contribution in [0.5, 0.6) is 0 Å². The van der Waals surface area contributed by atoms with Crippen molar-refractivity contribution in [3.63, 3.8) is 0 Å². The third-order valence-corrected chi connectivity index (χ3v) is 4.18. The van der Waals surface area contributed by atoms with E-state index in [4.69, 9.17) is 9.47 Å². The standard InChI is InChI=1S/C19H36N2O2/c1-3-4-5-6-7-8-9-10-11-12-15-23-19(17-22-2)16-21-14-13-20-18-21/h13-14,18-19H,3-12,15-17H2,1-2H3. The van der Waals surface area contributed by atoms with Gasteiger partial charge in [0.2, 0.25) is 0 Å². The molecular weight excluding hydrogens is 288 g/mol. The third-order valence-electron chi connectivity index (χ3n) is 4.18. The predicted octanol–water partition coefficient (Wildman–Crippen LogP) is 4.84. The van der Waals surface area contributed by atoms with Gasteiger partial charge in [0, 0.05) is 26.1 Å². The molecule has 0 aromatic carbocycles. The molecule has 0 saturated heterocycles. The Morgan fingerprint density at radius 1 is 0.957 bits per heavy atom. The van der Waals surface area contributed by atoms with E-state index in [9.17, 15) is 0 Å². The zero-order valence-electron chi connectivity index (χ0n) is 15.2. The summed E-state index contributed by atoms with van der Waals surface area (Å²) in [6.07, 6.45) is 19.2. The van der Waals surface area contributed by atoms with Crippen molar-refractivity contribution in [2.75, 3.05) is 20.3 Å². The molecule has 1 rings (SSSR count). The highest BCUT2D eigenvalue weighted by Crippen LogP contribution is 2.11. The van der Waals surface area contributed by atoms with Gasteiger partial charge in [0.05, 0.1) is 25.6 Å². The first-order valence-corrected chi connectivity index (χ1v) is 9.43. The largest absolute Gasteiger partial charge is 0.382 e. The minimum Gasteiger partial charge on any atom is -0.382 e. The van der Waals surface area contributed by atoms with Gasteiger partial charge in [-0.2, -0.15) is 0 Å². The van der Waals surface area contributed by atoms with E-state index in [0.717, 1.165) is 19.6 Å². The number of imidazole rings is 1. The Morgan fingerprint density at radius 3 is 2.17 bits per heavy atom. The van der Waals surface area contributed by atoms with E-state index in [1.165, 1.54) is 57.8 Å². The van der Waals surface area contributed by atoms with Gasteiger partial charge >= 0.3 is 0 Å². The molecule has 4 heteroatoms. The van der Waals surface area contributed by atoms with Crippen LogP contribution in [0.15, 0.2) is 18.7 Å². The van der Waals surface area contributed by atoms with E-state index in [1.54, 1.807) is 13.3 Å². The quantitative estimate of drug-likeness (QED) is 0.408. The molecule has 1 unspecified atom stereocenters. The highest BCUT2D eigenvalue weighted by molar-refractivity contribution is 4.76. The molecule has 0 N–H and O–H groups in total. The topological polar surface area (TPSA) is 36.3 Å². The molecular formula is C19H36N2O2. The van der Waals surface area contributed by atoms with Gasteiger partial charge in [-0.1, -0.05) is 64.7 Å². The molecule has 0 aliphatic rings. The van der Waals surface area contributed by atoms with Crippen molar-refractivity contribution in [1.29, 1.82) is 0 Å². The highest BCUT2D eigenvalue weighted by atomic mass is 16.5. The van der Waals surface area contributed by atoms with Crippen LogP contribution in [0, 0.1) is 0 Å². The molecule has 1 aromatic heterocycles. The summed E-state index contributed by atoms with van der Waals surface area (Å²) in [6, 6.07) is 0. The van der Waals surface area contributed by atoms with E-state index in [1.807, 2.05) is 17.1 Å². The van der Waals surface area contributed by atoms with Gasteiger partial charge in [-0.25, -0.2) is 4.98 Å². The smallest absolute Gasteiger partial charge is 0.0986 e. The van der Waals surface area contributed by atoms with Crippen molar-refractivity contribution in [2.24, 2.45) is 0 Å². The van der Waals surface area contributed by atoms with Gasteiger partial charge in [0.1, 0.15) is 0 Å². The average Bonchev–Trinajstić information content (AvgIpc) is 3.05. The first kappa shape index (κ1) is 20.2. The second kappa shape index (κ2) is 14.7. The summed E-state index contributed by atoms with van der Waals surface area (Å²) in [5.74, 6) is 0. The normalized spacial score (nSPS) is 12.6. The van der Waals surface area contributed by atoms with Crippen molar-refractivity contribution in [3.05, 3.63) is 18.7 Å². The Bertz CT molecular complexity index is 341. The Balaban J connectivity index is 1.93. The molecule has 1 heterocycles. The van der Waals surface area contributed by atoms with Crippen molar-refractivity contribution in [2.45, 2.75) is 83.8 Å². The molecule has 0 saturated carbocycles. The molecule has 0 spiro atoms. The van der Waals surface area contributed by atoms with E-state index in [-0.39, 0.29) is 6.10 Å². The summed E-state index contributed by atoms with van der Waals surface area (Å²) in [4.78, 5) is 4.06. The maximum atomic E-state index is 5.95. The zero-order valence-corrected chi connectivity index (χ0v) is 15.2. The maximum absolute atomic E-state index is 5.95. The average molecular weight is 325 g/mol. The monoisotopic (exact) mass is 324 g/mol. The lowest BCUT2D eigenvalue weighted by molar-refractivity contribution is -0.0123. The molecule has 1 atom stereocenters. The fraction of sp³-hybridized carbons (Fsp3) is 0.842. The Morgan fingerprint density at radius 2 is 1.61 bits per heavy atom.